The summed E-state index contributed by atoms with van der Waals surface area (Å²) in [6.45, 7) is 7.26. The molecule has 0 saturated carbocycles. The van der Waals surface area contributed by atoms with Gasteiger partial charge in [-0.05, 0) is 50.6 Å². The number of ether oxygens (including phenoxy) is 4. The summed E-state index contributed by atoms with van der Waals surface area (Å²) in [5.74, 6) is 0.0917. The second kappa shape index (κ2) is 11.5. The van der Waals surface area contributed by atoms with Crippen molar-refractivity contribution < 1.29 is 28.5 Å². The van der Waals surface area contributed by atoms with Gasteiger partial charge in [-0.25, -0.2) is 9.79 Å². The number of hydrogen-bond acceptors (Lipinski definition) is 9. The van der Waals surface area contributed by atoms with E-state index in [-0.39, 0.29) is 29.2 Å². The largest absolute Gasteiger partial charge is 0.493 e. The molecule has 0 amide bonds. The number of methoxy groups -OCH3 is 1. The van der Waals surface area contributed by atoms with Crippen molar-refractivity contribution in [1.29, 1.82) is 0 Å². The van der Waals surface area contributed by atoms with Gasteiger partial charge >= 0.3 is 11.9 Å². The maximum absolute atomic E-state index is 13.8. The van der Waals surface area contributed by atoms with E-state index in [0.717, 1.165) is 5.56 Å². The Labute approximate surface area is 223 Å². The highest BCUT2D eigenvalue weighted by Gasteiger charge is 2.34. The monoisotopic (exact) mass is 536 g/mol. The molecule has 9 nitrogen and oxygen atoms in total. The third-order valence-electron chi connectivity index (χ3n) is 5.78. The summed E-state index contributed by atoms with van der Waals surface area (Å²) in [5.41, 5.74) is 1.69. The maximum atomic E-state index is 13.8. The number of benzene rings is 2. The molecule has 0 aliphatic carbocycles. The molecule has 0 bridgehead atoms. The highest BCUT2D eigenvalue weighted by Crippen LogP contribution is 2.36. The van der Waals surface area contributed by atoms with Gasteiger partial charge in [-0.15, -0.1) is 0 Å². The number of thiazole rings is 1. The summed E-state index contributed by atoms with van der Waals surface area (Å²) in [5, 5.41) is 0. The van der Waals surface area contributed by atoms with Gasteiger partial charge in [-0.3, -0.25) is 14.2 Å². The van der Waals surface area contributed by atoms with Crippen LogP contribution in [0.3, 0.4) is 0 Å². The number of fused-ring (bicyclic) bond motifs is 1. The predicted molar refractivity (Wildman–Crippen MR) is 142 cm³/mol. The number of para-hydroxylation sites is 1. The normalized spacial score (nSPS) is 15.0. The van der Waals surface area contributed by atoms with Gasteiger partial charge in [0.25, 0.3) is 5.56 Å². The first kappa shape index (κ1) is 26.9. The molecule has 1 aromatic heterocycles. The molecule has 3 aromatic rings. The smallest absolute Gasteiger partial charge is 0.338 e. The van der Waals surface area contributed by atoms with Gasteiger partial charge < -0.3 is 18.9 Å². The summed E-state index contributed by atoms with van der Waals surface area (Å²) < 4.78 is 23.7. The Morgan fingerprint density at radius 1 is 1.08 bits per heavy atom. The Morgan fingerprint density at radius 2 is 1.84 bits per heavy atom. The molecule has 1 aliphatic rings. The minimum Gasteiger partial charge on any atom is -0.493 e. The third-order valence-corrected chi connectivity index (χ3v) is 6.76. The van der Waals surface area contributed by atoms with Crippen LogP contribution in [0.5, 0.6) is 17.2 Å². The zero-order valence-corrected chi connectivity index (χ0v) is 22.6. The number of carbonyl (C=O) groups is 2. The van der Waals surface area contributed by atoms with E-state index < -0.39 is 18.0 Å². The van der Waals surface area contributed by atoms with E-state index >= 15 is 0 Å². The van der Waals surface area contributed by atoms with Crippen molar-refractivity contribution in [2.24, 2.45) is 4.99 Å². The summed E-state index contributed by atoms with van der Waals surface area (Å²) in [6, 6.07) is 11.5. The quantitative estimate of drug-likeness (QED) is 0.322. The Morgan fingerprint density at radius 3 is 2.53 bits per heavy atom. The minimum absolute atomic E-state index is 0.162. The lowest BCUT2D eigenvalue weighted by atomic mass is 9.95. The number of esters is 2. The molecule has 0 N–H and O–H groups in total. The Balaban J connectivity index is 1.95. The molecular weight excluding hydrogens is 508 g/mol. The van der Waals surface area contributed by atoms with E-state index in [4.69, 9.17) is 18.9 Å². The second-order valence-electron chi connectivity index (χ2n) is 8.28. The fourth-order valence-electron chi connectivity index (χ4n) is 4.23. The molecule has 4 rings (SSSR count). The number of carbonyl (C=O) groups excluding carboxylic acids is 2. The third kappa shape index (κ3) is 5.26. The van der Waals surface area contributed by atoms with Crippen molar-refractivity contribution in [3.05, 3.63) is 84.5 Å². The van der Waals surface area contributed by atoms with Crippen LogP contribution in [0.25, 0.3) is 6.08 Å². The molecule has 1 atom stereocenters. The van der Waals surface area contributed by atoms with Crippen LogP contribution < -0.4 is 29.1 Å². The summed E-state index contributed by atoms with van der Waals surface area (Å²) >= 11 is 1.22. The van der Waals surface area contributed by atoms with Crippen LogP contribution in [0.4, 0.5) is 0 Å². The van der Waals surface area contributed by atoms with Gasteiger partial charge in [-0.2, -0.15) is 0 Å². The van der Waals surface area contributed by atoms with Gasteiger partial charge in [0, 0.05) is 12.5 Å². The molecule has 0 unspecified atom stereocenters. The molecular formula is C28H28N2O7S. The van der Waals surface area contributed by atoms with Crippen LogP contribution in [0, 0.1) is 0 Å². The van der Waals surface area contributed by atoms with Gasteiger partial charge in [0.05, 0.1) is 42.2 Å². The molecule has 2 heterocycles. The van der Waals surface area contributed by atoms with E-state index in [1.807, 2.05) is 31.2 Å². The van der Waals surface area contributed by atoms with Crippen molar-refractivity contribution in [3.63, 3.8) is 0 Å². The molecule has 38 heavy (non-hydrogen) atoms. The van der Waals surface area contributed by atoms with E-state index in [9.17, 15) is 14.4 Å². The first-order valence-corrected chi connectivity index (χ1v) is 12.9. The van der Waals surface area contributed by atoms with E-state index in [0.29, 0.717) is 33.0 Å². The molecule has 0 saturated heterocycles. The van der Waals surface area contributed by atoms with Crippen molar-refractivity contribution in [2.75, 3.05) is 20.3 Å². The SMILES string of the molecule is CCOC(=O)C1=C(C)N=c2s/c(=C/c3ccccc3OCC)c(=O)n2[C@H]1c1ccc(OC(C)=O)c(OC)c1. The fraction of sp³-hybridized carbons (Fsp3) is 0.286. The average Bonchev–Trinajstić information content (AvgIpc) is 3.18. The number of nitrogens with zero attached hydrogens (tertiary/aromatic N) is 2. The van der Waals surface area contributed by atoms with Gasteiger partial charge in [0.2, 0.25) is 0 Å². The Kier molecular flexibility index (Phi) is 8.11. The average molecular weight is 537 g/mol. The lowest BCUT2D eigenvalue weighted by Gasteiger charge is -2.25. The predicted octanol–water partition coefficient (Wildman–Crippen LogP) is 3.13. The molecule has 10 heteroatoms. The van der Waals surface area contributed by atoms with Gasteiger partial charge in [-0.1, -0.05) is 35.6 Å². The van der Waals surface area contributed by atoms with Crippen molar-refractivity contribution >= 4 is 29.4 Å². The van der Waals surface area contributed by atoms with E-state index in [1.54, 1.807) is 38.1 Å². The van der Waals surface area contributed by atoms with E-state index in [2.05, 4.69) is 4.99 Å². The second-order valence-corrected chi connectivity index (χ2v) is 9.29. The summed E-state index contributed by atoms with van der Waals surface area (Å²) in [6.07, 6.45) is 1.76. The fourth-order valence-corrected chi connectivity index (χ4v) is 5.27. The number of rotatable bonds is 8. The van der Waals surface area contributed by atoms with Crippen LogP contribution in [0.1, 0.15) is 44.9 Å². The molecule has 0 radical (unpaired) electrons. The zero-order valence-electron chi connectivity index (χ0n) is 21.8. The van der Waals surface area contributed by atoms with Gasteiger partial charge in [0.1, 0.15) is 5.75 Å². The number of hydrogen-bond donors (Lipinski definition) is 0. The number of allylic oxidation sites excluding steroid dienone is 1. The van der Waals surface area contributed by atoms with Crippen LogP contribution in [0.15, 0.2) is 63.5 Å². The molecule has 198 valence electrons. The lowest BCUT2D eigenvalue weighted by molar-refractivity contribution is -0.139. The van der Waals surface area contributed by atoms with Crippen molar-refractivity contribution in [3.8, 4) is 17.2 Å². The highest BCUT2D eigenvalue weighted by atomic mass is 32.1. The Bertz CT molecular complexity index is 1600. The minimum atomic E-state index is -0.838. The van der Waals surface area contributed by atoms with Crippen LogP contribution in [0.2, 0.25) is 0 Å². The summed E-state index contributed by atoms with van der Waals surface area (Å²) in [4.78, 5) is 43.5. The van der Waals surface area contributed by atoms with Crippen molar-refractivity contribution in [2.45, 2.75) is 33.7 Å². The van der Waals surface area contributed by atoms with E-state index in [1.165, 1.54) is 29.9 Å². The Hall–Kier alpha value is -4.18. The first-order chi connectivity index (χ1) is 18.3. The van der Waals surface area contributed by atoms with Crippen LogP contribution >= 0.6 is 11.3 Å². The van der Waals surface area contributed by atoms with Crippen LogP contribution in [-0.4, -0.2) is 36.8 Å². The first-order valence-electron chi connectivity index (χ1n) is 12.1. The molecule has 0 fully saturated rings. The maximum Gasteiger partial charge on any atom is 0.338 e. The van der Waals surface area contributed by atoms with Crippen molar-refractivity contribution in [1.82, 2.24) is 4.57 Å². The zero-order chi connectivity index (χ0) is 27.4. The lowest BCUT2D eigenvalue weighted by Crippen LogP contribution is -2.40. The summed E-state index contributed by atoms with van der Waals surface area (Å²) in [7, 11) is 1.45. The van der Waals surface area contributed by atoms with Crippen LogP contribution in [-0.2, 0) is 14.3 Å². The highest BCUT2D eigenvalue weighted by molar-refractivity contribution is 7.07. The topological polar surface area (TPSA) is 105 Å². The standard InChI is InChI=1S/C28H28N2O7S/c1-6-35-20-11-9-8-10-18(20)15-23-26(32)30-25(19-12-13-21(37-17(4)31)22(14-19)34-5)24(27(33)36-7-2)16(3)29-28(30)38-23/h8-15,25H,6-7H2,1-5H3/b23-15+/t25-/m0/s1. The number of aromatic nitrogens is 1. The molecule has 0 spiro atoms. The molecule has 1 aliphatic heterocycles. The molecule has 2 aromatic carbocycles. The van der Waals surface area contributed by atoms with Gasteiger partial charge in [0.15, 0.2) is 16.3 Å².